The van der Waals surface area contributed by atoms with Gasteiger partial charge in [0.15, 0.2) is 0 Å². The largest absolute Gasteiger partial charge is 0.491 e. The van der Waals surface area contributed by atoms with Gasteiger partial charge in [0.05, 0.1) is 0 Å². The van der Waals surface area contributed by atoms with Gasteiger partial charge in [0, 0.05) is 0 Å². The van der Waals surface area contributed by atoms with E-state index in [1.165, 1.54) is 0 Å². The van der Waals surface area contributed by atoms with Crippen LogP contribution in [0.25, 0.3) is 11.1 Å². The first-order valence-corrected chi connectivity index (χ1v) is 6.39. The van der Waals surface area contributed by atoms with E-state index in [-0.39, 0.29) is 6.61 Å². The van der Waals surface area contributed by atoms with Gasteiger partial charge in [-0.2, -0.15) is 0 Å². The molecular formula is C16H17NO3. The van der Waals surface area contributed by atoms with Gasteiger partial charge in [-0.1, -0.05) is 42.5 Å². The first-order valence-electron chi connectivity index (χ1n) is 6.39. The number of carboxylic acids is 1. The van der Waals surface area contributed by atoms with Crippen molar-refractivity contribution in [2.24, 2.45) is 0 Å². The zero-order valence-electron chi connectivity index (χ0n) is 11.2. The molecule has 2 N–H and O–H groups in total. The van der Waals surface area contributed by atoms with Crippen molar-refractivity contribution in [1.29, 1.82) is 0 Å². The van der Waals surface area contributed by atoms with Gasteiger partial charge in [-0.25, -0.2) is 0 Å². The fourth-order valence-electron chi connectivity index (χ4n) is 1.83. The van der Waals surface area contributed by atoms with Crippen LogP contribution in [0, 0.1) is 0 Å². The van der Waals surface area contributed by atoms with Crippen LogP contribution in [-0.4, -0.2) is 30.8 Å². The number of ether oxygens (including phenoxy) is 1. The average Bonchev–Trinajstić information content (AvgIpc) is 2.49. The molecule has 0 radical (unpaired) electrons. The lowest BCUT2D eigenvalue weighted by molar-refractivity contribution is -0.140. The Hall–Kier alpha value is -2.33. The molecule has 104 valence electrons. The van der Waals surface area contributed by atoms with Crippen LogP contribution in [0.15, 0.2) is 54.6 Å². The third kappa shape index (κ3) is 3.59. The van der Waals surface area contributed by atoms with Crippen molar-refractivity contribution in [3.05, 3.63) is 54.6 Å². The monoisotopic (exact) mass is 271 g/mol. The van der Waals surface area contributed by atoms with Crippen LogP contribution < -0.4 is 10.1 Å². The van der Waals surface area contributed by atoms with Crippen molar-refractivity contribution in [1.82, 2.24) is 5.32 Å². The molecule has 0 aliphatic heterocycles. The van der Waals surface area contributed by atoms with Gasteiger partial charge < -0.3 is 15.2 Å². The highest BCUT2D eigenvalue weighted by molar-refractivity contribution is 5.73. The first kappa shape index (κ1) is 14.1. The third-order valence-corrected chi connectivity index (χ3v) is 3.02. The second-order valence-electron chi connectivity index (χ2n) is 4.38. The molecule has 0 aliphatic carbocycles. The van der Waals surface area contributed by atoms with Crippen molar-refractivity contribution in [3.63, 3.8) is 0 Å². The summed E-state index contributed by atoms with van der Waals surface area (Å²) in [6.45, 7) is 0.0938. The molecule has 2 rings (SSSR count). The summed E-state index contributed by atoms with van der Waals surface area (Å²) in [7, 11) is 1.60. The number of carboxylic acid groups (broad SMARTS) is 1. The standard InChI is InChI=1S/C16H17NO3/c1-17-15(16(18)19)11-20-14-9-7-13(8-10-14)12-5-3-2-4-6-12/h2-10,15,17H,11H2,1H3,(H,18,19). The van der Waals surface area contributed by atoms with Crippen LogP contribution in [-0.2, 0) is 4.79 Å². The summed E-state index contributed by atoms with van der Waals surface area (Å²) in [4.78, 5) is 10.8. The molecule has 0 aromatic heterocycles. The van der Waals surface area contributed by atoms with E-state index in [1.807, 2.05) is 54.6 Å². The van der Waals surface area contributed by atoms with Crippen LogP contribution in [0.4, 0.5) is 0 Å². The van der Waals surface area contributed by atoms with E-state index in [0.29, 0.717) is 5.75 Å². The smallest absolute Gasteiger partial charge is 0.324 e. The second-order valence-corrected chi connectivity index (χ2v) is 4.38. The number of nitrogens with one attached hydrogen (secondary N) is 1. The molecule has 2 aromatic rings. The molecule has 0 fully saturated rings. The van der Waals surface area contributed by atoms with E-state index in [1.54, 1.807) is 7.05 Å². The summed E-state index contributed by atoms with van der Waals surface area (Å²) in [5.41, 5.74) is 2.24. The molecule has 0 heterocycles. The topological polar surface area (TPSA) is 58.6 Å². The quantitative estimate of drug-likeness (QED) is 0.847. The number of rotatable bonds is 6. The molecule has 0 amide bonds. The SMILES string of the molecule is CNC(COc1ccc(-c2ccccc2)cc1)C(=O)O. The predicted octanol–water partition coefficient (Wildman–Crippen LogP) is 2.40. The van der Waals surface area contributed by atoms with E-state index in [0.717, 1.165) is 11.1 Å². The van der Waals surface area contributed by atoms with Crippen LogP contribution >= 0.6 is 0 Å². The summed E-state index contributed by atoms with van der Waals surface area (Å²) in [6, 6.07) is 16.9. The fraction of sp³-hybridized carbons (Fsp3) is 0.188. The molecule has 1 atom stereocenters. The van der Waals surface area contributed by atoms with Crippen LogP contribution in [0.5, 0.6) is 5.75 Å². The van der Waals surface area contributed by atoms with Gasteiger partial charge in [0.25, 0.3) is 0 Å². The molecule has 20 heavy (non-hydrogen) atoms. The van der Waals surface area contributed by atoms with E-state index >= 15 is 0 Å². The summed E-state index contributed by atoms with van der Waals surface area (Å²) in [5.74, 6) is -0.264. The lowest BCUT2D eigenvalue weighted by Gasteiger charge is -2.13. The van der Waals surface area contributed by atoms with E-state index < -0.39 is 12.0 Å². The Labute approximate surface area is 118 Å². The van der Waals surface area contributed by atoms with Crippen molar-refractivity contribution in [2.75, 3.05) is 13.7 Å². The van der Waals surface area contributed by atoms with E-state index in [2.05, 4.69) is 5.32 Å². The molecule has 4 nitrogen and oxygen atoms in total. The Balaban J connectivity index is 2.00. The Kier molecular flexibility index (Phi) is 4.74. The highest BCUT2D eigenvalue weighted by Crippen LogP contribution is 2.22. The molecule has 0 saturated heterocycles. The summed E-state index contributed by atoms with van der Waals surface area (Å²) < 4.78 is 5.47. The van der Waals surface area contributed by atoms with Crippen molar-refractivity contribution >= 4 is 5.97 Å². The Bertz CT molecular complexity index is 552. The highest BCUT2D eigenvalue weighted by atomic mass is 16.5. The van der Waals surface area contributed by atoms with Crippen molar-refractivity contribution in [3.8, 4) is 16.9 Å². The zero-order valence-corrected chi connectivity index (χ0v) is 11.2. The van der Waals surface area contributed by atoms with E-state index in [9.17, 15) is 4.79 Å². The summed E-state index contributed by atoms with van der Waals surface area (Å²) >= 11 is 0. The molecule has 0 spiro atoms. The maximum absolute atomic E-state index is 10.8. The van der Waals surface area contributed by atoms with Crippen LogP contribution in [0.1, 0.15) is 0 Å². The van der Waals surface area contributed by atoms with Gasteiger partial charge in [-0.05, 0) is 30.3 Å². The van der Waals surface area contributed by atoms with Crippen molar-refractivity contribution < 1.29 is 14.6 Å². The minimum absolute atomic E-state index is 0.0938. The second kappa shape index (κ2) is 6.73. The lowest BCUT2D eigenvalue weighted by Crippen LogP contribution is -2.39. The fourth-order valence-corrected chi connectivity index (χ4v) is 1.83. The van der Waals surface area contributed by atoms with Crippen molar-refractivity contribution in [2.45, 2.75) is 6.04 Å². The molecule has 0 saturated carbocycles. The molecule has 0 bridgehead atoms. The normalized spacial score (nSPS) is 11.8. The summed E-state index contributed by atoms with van der Waals surface area (Å²) in [5, 5.41) is 11.6. The highest BCUT2D eigenvalue weighted by Gasteiger charge is 2.15. The van der Waals surface area contributed by atoms with Gasteiger partial charge >= 0.3 is 5.97 Å². The number of hydrogen-bond acceptors (Lipinski definition) is 3. The van der Waals surface area contributed by atoms with Gasteiger partial charge in [-0.3, -0.25) is 4.79 Å². The summed E-state index contributed by atoms with van der Waals surface area (Å²) in [6.07, 6.45) is 0. The molecule has 4 heteroatoms. The van der Waals surface area contributed by atoms with Crippen LogP contribution in [0.3, 0.4) is 0 Å². The Morgan fingerprint density at radius 3 is 2.25 bits per heavy atom. The maximum Gasteiger partial charge on any atom is 0.324 e. The van der Waals surface area contributed by atoms with Gasteiger partial charge in [-0.15, -0.1) is 0 Å². The number of aliphatic carboxylic acids is 1. The zero-order chi connectivity index (χ0) is 14.4. The number of benzene rings is 2. The first-order chi connectivity index (χ1) is 9.70. The molecule has 1 unspecified atom stereocenters. The molecular weight excluding hydrogens is 254 g/mol. The number of likely N-dealkylation sites (N-methyl/N-ethyl adjacent to an activating group) is 1. The lowest BCUT2D eigenvalue weighted by atomic mass is 10.1. The van der Waals surface area contributed by atoms with E-state index in [4.69, 9.17) is 9.84 Å². The predicted molar refractivity (Wildman–Crippen MR) is 77.9 cm³/mol. The average molecular weight is 271 g/mol. The number of carbonyl (C=O) groups is 1. The molecule has 0 aliphatic rings. The van der Waals surface area contributed by atoms with Crippen LogP contribution in [0.2, 0.25) is 0 Å². The maximum atomic E-state index is 10.8. The Morgan fingerprint density at radius 2 is 1.70 bits per heavy atom. The molecule has 2 aromatic carbocycles. The third-order valence-electron chi connectivity index (χ3n) is 3.02. The minimum Gasteiger partial charge on any atom is -0.491 e. The minimum atomic E-state index is -0.923. The van der Waals surface area contributed by atoms with Gasteiger partial charge in [0.2, 0.25) is 0 Å². The Morgan fingerprint density at radius 1 is 1.10 bits per heavy atom. The van der Waals surface area contributed by atoms with Gasteiger partial charge in [0.1, 0.15) is 18.4 Å². The number of hydrogen-bond donors (Lipinski definition) is 2.